The highest BCUT2D eigenvalue weighted by Gasteiger charge is 2.31. The third-order valence-corrected chi connectivity index (χ3v) is 3.66. The van der Waals surface area contributed by atoms with Crippen LogP contribution in [0.2, 0.25) is 5.28 Å². The molecule has 1 heterocycles. The third kappa shape index (κ3) is 6.75. The van der Waals surface area contributed by atoms with Crippen LogP contribution >= 0.6 is 11.6 Å². The van der Waals surface area contributed by atoms with Gasteiger partial charge in [-0.25, -0.2) is 15.0 Å². The Hall–Kier alpha value is -3.14. The van der Waals surface area contributed by atoms with Gasteiger partial charge in [-0.15, -0.1) is 0 Å². The van der Waals surface area contributed by atoms with Crippen molar-refractivity contribution in [1.82, 2.24) is 9.97 Å². The van der Waals surface area contributed by atoms with Crippen LogP contribution in [0.5, 0.6) is 0 Å². The number of anilines is 1. The summed E-state index contributed by atoms with van der Waals surface area (Å²) in [5, 5.41) is 10.5. The van der Waals surface area contributed by atoms with Crippen molar-refractivity contribution in [1.29, 1.82) is 5.41 Å². The molecule has 0 saturated carbocycles. The van der Waals surface area contributed by atoms with E-state index in [4.69, 9.17) is 27.5 Å². The maximum absolute atomic E-state index is 12.6. The van der Waals surface area contributed by atoms with Gasteiger partial charge in [-0.2, -0.15) is 13.2 Å². The molecule has 29 heavy (non-hydrogen) atoms. The quantitative estimate of drug-likeness (QED) is 0.349. The zero-order valence-electron chi connectivity index (χ0n) is 15.3. The molecule has 4 N–H and O–H groups in total. The zero-order chi connectivity index (χ0) is 21.4. The molecule has 0 atom stereocenters. The Labute approximate surface area is 170 Å². The first kappa shape index (κ1) is 22.2. The van der Waals surface area contributed by atoms with E-state index in [9.17, 15) is 13.2 Å². The molecule has 0 bridgehead atoms. The Kier molecular flexibility index (Phi) is 7.54. The number of nitrogens with zero attached hydrogens (tertiary/aromatic N) is 3. The van der Waals surface area contributed by atoms with Crippen LogP contribution in [0, 0.1) is 5.41 Å². The molecule has 2 aromatic rings. The predicted molar refractivity (Wildman–Crippen MR) is 106 cm³/mol. The van der Waals surface area contributed by atoms with Crippen LogP contribution in [-0.4, -0.2) is 34.9 Å². The maximum Gasteiger partial charge on any atom is 0.430 e. The monoisotopic (exact) mass is 426 g/mol. The lowest BCUT2D eigenvalue weighted by atomic mass is 10.2. The van der Waals surface area contributed by atoms with E-state index in [1.54, 1.807) is 31.2 Å². The van der Waals surface area contributed by atoms with Crippen molar-refractivity contribution in [3.63, 3.8) is 0 Å². The number of allylic oxidation sites excluding steroid dienone is 1. The second-order valence-corrected chi connectivity index (χ2v) is 5.93. The molecule has 0 fully saturated rings. The lowest BCUT2D eigenvalue weighted by Crippen LogP contribution is -2.21. The van der Waals surface area contributed by atoms with Crippen molar-refractivity contribution in [3.8, 4) is 0 Å². The van der Waals surface area contributed by atoms with Gasteiger partial charge in [-0.3, -0.25) is 0 Å². The molecule has 0 aliphatic heterocycles. The summed E-state index contributed by atoms with van der Waals surface area (Å²) < 4.78 is 42.9. The van der Waals surface area contributed by atoms with Crippen LogP contribution in [0.4, 0.5) is 24.7 Å². The summed E-state index contributed by atoms with van der Waals surface area (Å²) in [4.78, 5) is 11.9. The van der Waals surface area contributed by atoms with Crippen molar-refractivity contribution in [2.24, 2.45) is 10.7 Å². The first-order chi connectivity index (χ1) is 13.7. The molecule has 0 spiro atoms. The van der Waals surface area contributed by atoms with Crippen molar-refractivity contribution in [2.75, 3.05) is 11.9 Å². The molecule has 1 aromatic heterocycles. The molecule has 154 valence electrons. The van der Waals surface area contributed by atoms with Crippen molar-refractivity contribution in [3.05, 3.63) is 58.6 Å². The summed E-state index contributed by atoms with van der Waals surface area (Å²) in [5.41, 5.74) is 5.44. The number of halogens is 4. The van der Waals surface area contributed by atoms with Crippen molar-refractivity contribution in [2.45, 2.75) is 19.6 Å². The summed E-state index contributed by atoms with van der Waals surface area (Å²) in [7, 11) is 0. The van der Waals surface area contributed by atoms with Gasteiger partial charge in [0.05, 0.1) is 17.9 Å². The Bertz CT molecular complexity index is 913. The number of alkyl halides is 3. The molecule has 2 rings (SSSR count). The fourth-order valence-corrected chi connectivity index (χ4v) is 2.22. The van der Waals surface area contributed by atoms with E-state index < -0.39 is 11.9 Å². The Balaban J connectivity index is 2.13. The van der Waals surface area contributed by atoms with Crippen molar-refractivity contribution < 1.29 is 17.9 Å². The van der Waals surface area contributed by atoms with E-state index in [-0.39, 0.29) is 17.8 Å². The number of nitrogens with one attached hydrogen (secondary N) is 2. The summed E-state index contributed by atoms with van der Waals surface area (Å²) in [6, 6.07) is 6.72. The highest BCUT2D eigenvalue weighted by Crippen LogP contribution is 2.22. The van der Waals surface area contributed by atoms with Crippen LogP contribution in [-0.2, 0) is 11.3 Å². The second kappa shape index (κ2) is 9.87. The smallest absolute Gasteiger partial charge is 0.430 e. The molecule has 0 radical (unpaired) electrons. The molecule has 0 saturated heterocycles. The SMILES string of the molecule is CCOC(C=C(N)C(F)(F)F)=Nc1ccc(CNc2nc(Cl)ncc2C=N)cc1. The number of benzene rings is 1. The highest BCUT2D eigenvalue weighted by atomic mass is 35.5. The zero-order valence-corrected chi connectivity index (χ0v) is 16.1. The van der Waals surface area contributed by atoms with Gasteiger partial charge >= 0.3 is 6.18 Å². The lowest BCUT2D eigenvalue weighted by molar-refractivity contribution is -0.0926. The molecular weight excluding hydrogens is 409 g/mol. The fourth-order valence-electron chi connectivity index (χ4n) is 2.09. The highest BCUT2D eigenvalue weighted by molar-refractivity contribution is 6.28. The van der Waals surface area contributed by atoms with Crippen LogP contribution in [0.3, 0.4) is 0 Å². The average Bonchev–Trinajstić information content (AvgIpc) is 2.67. The molecule has 1 aromatic carbocycles. The minimum absolute atomic E-state index is 0.0532. The summed E-state index contributed by atoms with van der Waals surface area (Å²) in [6.07, 6.45) is -1.48. The first-order valence-corrected chi connectivity index (χ1v) is 8.72. The largest absolute Gasteiger partial charge is 0.478 e. The molecule has 11 heteroatoms. The van der Waals surface area contributed by atoms with Crippen LogP contribution < -0.4 is 11.1 Å². The molecule has 0 aliphatic rings. The van der Waals surface area contributed by atoms with E-state index in [1.807, 2.05) is 0 Å². The number of hydrogen-bond donors (Lipinski definition) is 3. The number of rotatable bonds is 7. The van der Waals surface area contributed by atoms with Gasteiger partial charge in [0, 0.05) is 25.0 Å². The van der Waals surface area contributed by atoms with Gasteiger partial charge in [0.1, 0.15) is 11.5 Å². The summed E-state index contributed by atoms with van der Waals surface area (Å²) in [6.45, 7) is 2.14. The Morgan fingerprint density at radius 3 is 2.62 bits per heavy atom. The van der Waals surface area contributed by atoms with Gasteiger partial charge in [-0.1, -0.05) is 12.1 Å². The molecule has 0 aliphatic carbocycles. The minimum Gasteiger partial charge on any atom is -0.478 e. The minimum atomic E-state index is -4.66. The van der Waals surface area contributed by atoms with Crippen LogP contribution in [0.15, 0.2) is 47.2 Å². The lowest BCUT2D eigenvalue weighted by Gasteiger charge is -2.09. The number of aromatic nitrogens is 2. The van der Waals surface area contributed by atoms with Crippen molar-refractivity contribution >= 4 is 35.2 Å². The van der Waals surface area contributed by atoms with Gasteiger partial charge in [-0.05, 0) is 36.2 Å². The topological polar surface area (TPSA) is 109 Å². The predicted octanol–water partition coefficient (Wildman–Crippen LogP) is 4.21. The fraction of sp³-hybridized carbons (Fsp3) is 0.222. The van der Waals surface area contributed by atoms with Gasteiger partial charge < -0.3 is 21.2 Å². The molecular formula is C18H18ClF3N6O. The normalized spacial score (nSPS) is 12.6. The third-order valence-electron chi connectivity index (χ3n) is 3.48. The van der Waals surface area contributed by atoms with Gasteiger partial charge in [0.2, 0.25) is 11.2 Å². The van der Waals surface area contributed by atoms with E-state index in [0.29, 0.717) is 29.7 Å². The van der Waals surface area contributed by atoms with E-state index >= 15 is 0 Å². The van der Waals surface area contributed by atoms with Crippen LogP contribution in [0.1, 0.15) is 18.1 Å². The van der Waals surface area contributed by atoms with E-state index in [1.165, 1.54) is 6.20 Å². The summed E-state index contributed by atoms with van der Waals surface area (Å²) in [5.74, 6) is 0.174. The average molecular weight is 427 g/mol. The van der Waals surface area contributed by atoms with Crippen LogP contribution in [0.25, 0.3) is 0 Å². The molecule has 0 amide bonds. The van der Waals surface area contributed by atoms with Gasteiger partial charge in [0.15, 0.2) is 0 Å². The molecule has 0 unspecified atom stereocenters. The number of hydrogen-bond acceptors (Lipinski definition) is 7. The van der Waals surface area contributed by atoms with E-state index in [2.05, 4.69) is 20.3 Å². The standard InChI is InChI=1S/C18H18ClF3N6O/c1-2-29-15(7-14(24)18(20,21)22)27-13-5-3-11(4-6-13)9-25-16-12(8-23)10-26-17(19)28-16/h3-8,10,23H,2,9,24H2,1H3,(H,25,26,28). The first-order valence-electron chi connectivity index (χ1n) is 8.34. The Morgan fingerprint density at radius 1 is 1.34 bits per heavy atom. The van der Waals surface area contributed by atoms with E-state index in [0.717, 1.165) is 11.8 Å². The second-order valence-electron chi connectivity index (χ2n) is 5.59. The Morgan fingerprint density at radius 2 is 2.03 bits per heavy atom. The maximum atomic E-state index is 12.6. The summed E-state index contributed by atoms with van der Waals surface area (Å²) >= 11 is 5.77. The number of nitrogens with two attached hydrogens (primary N) is 1. The molecule has 7 nitrogen and oxygen atoms in total. The van der Waals surface area contributed by atoms with Gasteiger partial charge in [0.25, 0.3) is 0 Å². The number of ether oxygens (including phenoxy) is 1. The number of aliphatic imine (C=N–C) groups is 1.